The number of hydrogen-bond donors (Lipinski definition) is 2. The Hall–Kier alpha value is -2.03. The van der Waals surface area contributed by atoms with Crippen molar-refractivity contribution in [3.05, 3.63) is 47.5 Å². The molecule has 0 unspecified atom stereocenters. The van der Waals surface area contributed by atoms with Crippen molar-refractivity contribution < 1.29 is 4.79 Å². The molecule has 0 aliphatic heterocycles. The van der Waals surface area contributed by atoms with Crippen LogP contribution in [0.2, 0.25) is 0 Å². The molecule has 2 rings (SSSR count). The Morgan fingerprint density at radius 1 is 1.12 bits per heavy atom. The predicted octanol–water partition coefficient (Wildman–Crippen LogP) is 2.58. The molecule has 0 saturated carbocycles. The van der Waals surface area contributed by atoms with Crippen molar-refractivity contribution in [2.45, 2.75) is 13.5 Å². The second kappa shape index (κ2) is 4.87. The van der Waals surface area contributed by atoms with E-state index in [0.29, 0.717) is 6.54 Å². The number of benzene rings is 2. The van der Waals surface area contributed by atoms with Gasteiger partial charge in [0.25, 0.3) is 0 Å². The van der Waals surface area contributed by atoms with Crippen LogP contribution in [0.5, 0.6) is 0 Å². The van der Waals surface area contributed by atoms with Crippen LogP contribution in [0.15, 0.2) is 36.4 Å². The Morgan fingerprint density at radius 2 is 1.82 bits per heavy atom. The highest BCUT2D eigenvalue weighted by Crippen LogP contribution is 2.17. The van der Waals surface area contributed by atoms with Crippen molar-refractivity contribution in [3.8, 4) is 0 Å². The normalized spacial score (nSPS) is 10.2. The van der Waals surface area contributed by atoms with E-state index >= 15 is 0 Å². The molecule has 3 heteroatoms. The number of amides is 2. The molecule has 2 amide bonds. The van der Waals surface area contributed by atoms with Crippen LogP contribution in [-0.4, -0.2) is 13.1 Å². The van der Waals surface area contributed by atoms with Gasteiger partial charge in [-0.25, -0.2) is 4.79 Å². The lowest BCUT2D eigenvalue weighted by molar-refractivity contribution is 0.242. The van der Waals surface area contributed by atoms with Crippen LogP contribution in [0.25, 0.3) is 10.8 Å². The van der Waals surface area contributed by atoms with Gasteiger partial charge in [-0.1, -0.05) is 35.9 Å². The molecular formula is C14H16N2O. The van der Waals surface area contributed by atoms with E-state index in [1.165, 1.54) is 16.3 Å². The van der Waals surface area contributed by atoms with Crippen LogP contribution in [0.1, 0.15) is 11.1 Å². The Kier molecular flexibility index (Phi) is 3.28. The molecule has 2 N–H and O–H groups in total. The van der Waals surface area contributed by atoms with Crippen LogP contribution in [0, 0.1) is 6.92 Å². The summed E-state index contributed by atoms with van der Waals surface area (Å²) in [6.07, 6.45) is 0. The summed E-state index contributed by atoms with van der Waals surface area (Å²) in [6, 6.07) is 12.4. The van der Waals surface area contributed by atoms with E-state index < -0.39 is 0 Å². The smallest absolute Gasteiger partial charge is 0.314 e. The van der Waals surface area contributed by atoms with Crippen molar-refractivity contribution >= 4 is 16.8 Å². The first-order valence-electron chi connectivity index (χ1n) is 5.64. The molecule has 0 atom stereocenters. The van der Waals surface area contributed by atoms with Crippen LogP contribution in [0.4, 0.5) is 4.79 Å². The van der Waals surface area contributed by atoms with E-state index in [1.807, 2.05) is 6.07 Å². The van der Waals surface area contributed by atoms with Gasteiger partial charge in [-0.15, -0.1) is 0 Å². The van der Waals surface area contributed by atoms with Gasteiger partial charge in [-0.05, 0) is 29.3 Å². The summed E-state index contributed by atoms with van der Waals surface area (Å²) in [4.78, 5) is 11.1. The van der Waals surface area contributed by atoms with Crippen molar-refractivity contribution in [3.63, 3.8) is 0 Å². The Balaban J connectivity index is 2.20. The molecule has 88 valence electrons. The number of carbonyl (C=O) groups is 1. The van der Waals surface area contributed by atoms with Gasteiger partial charge in [0, 0.05) is 13.6 Å². The van der Waals surface area contributed by atoms with Gasteiger partial charge in [0.2, 0.25) is 0 Å². The molecule has 2 aromatic rings. The first kappa shape index (κ1) is 11.5. The minimum absolute atomic E-state index is 0.158. The molecule has 17 heavy (non-hydrogen) atoms. The number of nitrogens with one attached hydrogen (secondary N) is 2. The van der Waals surface area contributed by atoms with Crippen molar-refractivity contribution in [2.75, 3.05) is 7.05 Å². The molecule has 2 aromatic carbocycles. The Labute approximate surface area is 101 Å². The third kappa shape index (κ3) is 2.75. The van der Waals surface area contributed by atoms with Gasteiger partial charge in [-0.2, -0.15) is 0 Å². The first-order chi connectivity index (χ1) is 8.19. The molecule has 0 bridgehead atoms. The summed E-state index contributed by atoms with van der Waals surface area (Å²) in [5, 5.41) is 7.74. The Bertz CT molecular complexity index is 549. The number of urea groups is 1. The van der Waals surface area contributed by atoms with E-state index in [0.717, 1.165) is 5.56 Å². The maximum atomic E-state index is 11.1. The molecule has 0 heterocycles. The van der Waals surface area contributed by atoms with Crippen molar-refractivity contribution in [2.24, 2.45) is 0 Å². The third-order valence-corrected chi connectivity index (χ3v) is 2.74. The number of rotatable bonds is 2. The van der Waals surface area contributed by atoms with E-state index in [2.05, 4.69) is 47.9 Å². The topological polar surface area (TPSA) is 41.1 Å². The summed E-state index contributed by atoms with van der Waals surface area (Å²) in [6.45, 7) is 2.63. The Morgan fingerprint density at radius 3 is 2.59 bits per heavy atom. The molecule has 0 fully saturated rings. The average molecular weight is 228 g/mol. The molecular weight excluding hydrogens is 212 g/mol. The van der Waals surface area contributed by atoms with Crippen LogP contribution >= 0.6 is 0 Å². The summed E-state index contributed by atoms with van der Waals surface area (Å²) < 4.78 is 0. The molecule has 0 aromatic heterocycles. The lowest BCUT2D eigenvalue weighted by atomic mass is 10.0. The van der Waals surface area contributed by atoms with Gasteiger partial charge >= 0.3 is 6.03 Å². The van der Waals surface area contributed by atoms with Crippen LogP contribution < -0.4 is 10.6 Å². The SMILES string of the molecule is CNC(=O)NCc1ccc2cc(C)ccc2c1. The lowest BCUT2D eigenvalue weighted by Gasteiger charge is -2.06. The van der Waals surface area contributed by atoms with Gasteiger partial charge < -0.3 is 10.6 Å². The fourth-order valence-corrected chi connectivity index (χ4v) is 1.80. The van der Waals surface area contributed by atoms with E-state index in [4.69, 9.17) is 0 Å². The highest BCUT2D eigenvalue weighted by molar-refractivity contribution is 5.84. The zero-order valence-electron chi connectivity index (χ0n) is 10.1. The summed E-state index contributed by atoms with van der Waals surface area (Å²) in [5.74, 6) is 0. The second-order valence-corrected chi connectivity index (χ2v) is 4.12. The molecule has 0 saturated heterocycles. The average Bonchev–Trinajstić information content (AvgIpc) is 2.35. The largest absolute Gasteiger partial charge is 0.341 e. The zero-order valence-corrected chi connectivity index (χ0v) is 10.1. The highest BCUT2D eigenvalue weighted by Gasteiger charge is 1.99. The number of carbonyl (C=O) groups excluding carboxylic acids is 1. The van der Waals surface area contributed by atoms with Crippen LogP contribution in [0.3, 0.4) is 0 Å². The highest BCUT2D eigenvalue weighted by atomic mass is 16.2. The predicted molar refractivity (Wildman–Crippen MR) is 70.0 cm³/mol. The molecule has 0 aliphatic rings. The third-order valence-electron chi connectivity index (χ3n) is 2.74. The van der Waals surface area contributed by atoms with E-state index in [9.17, 15) is 4.79 Å². The molecule has 0 spiro atoms. The minimum atomic E-state index is -0.158. The summed E-state index contributed by atoms with van der Waals surface area (Å²) in [7, 11) is 1.61. The monoisotopic (exact) mass is 228 g/mol. The van der Waals surface area contributed by atoms with Gasteiger partial charge in [-0.3, -0.25) is 0 Å². The molecule has 0 aliphatic carbocycles. The standard InChI is InChI=1S/C14H16N2O/c1-10-3-5-13-8-11(4-6-12(13)7-10)9-16-14(17)15-2/h3-8H,9H2,1-2H3,(H2,15,16,17). The number of fused-ring (bicyclic) bond motifs is 1. The van der Waals surface area contributed by atoms with Crippen molar-refractivity contribution in [1.29, 1.82) is 0 Å². The molecule has 0 radical (unpaired) electrons. The summed E-state index contributed by atoms with van der Waals surface area (Å²) in [5.41, 5.74) is 2.36. The maximum absolute atomic E-state index is 11.1. The van der Waals surface area contributed by atoms with Gasteiger partial charge in [0.1, 0.15) is 0 Å². The van der Waals surface area contributed by atoms with Crippen LogP contribution in [-0.2, 0) is 6.54 Å². The first-order valence-corrected chi connectivity index (χ1v) is 5.64. The van der Waals surface area contributed by atoms with Gasteiger partial charge in [0.05, 0.1) is 0 Å². The summed E-state index contributed by atoms with van der Waals surface area (Å²) >= 11 is 0. The fraction of sp³-hybridized carbons (Fsp3) is 0.214. The van der Waals surface area contributed by atoms with Gasteiger partial charge in [0.15, 0.2) is 0 Å². The minimum Gasteiger partial charge on any atom is -0.341 e. The maximum Gasteiger partial charge on any atom is 0.314 e. The number of aryl methyl sites for hydroxylation is 1. The quantitative estimate of drug-likeness (QED) is 0.815. The molecule has 3 nitrogen and oxygen atoms in total. The van der Waals surface area contributed by atoms with E-state index in [-0.39, 0.29) is 6.03 Å². The van der Waals surface area contributed by atoms with E-state index in [1.54, 1.807) is 7.05 Å². The van der Waals surface area contributed by atoms with Crippen molar-refractivity contribution in [1.82, 2.24) is 10.6 Å². The lowest BCUT2D eigenvalue weighted by Crippen LogP contribution is -2.32. The number of hydrogen-bond acceptors (Lipinski definition) is 1. The second-order valence-electron chi connectivity index (χ2n) is 4.12. The zero-order chi connectivity index (χ0) is 12.3. The fourth-order valence-electron chi connectivity index (χ4n) is 1.80.